The van der Waals surface area contributed by atoms with Crippen molar-refractivity contribution in [3.63, 3.8) is 0 Å². The van der Waals surface area contributed by atoms with Gasteiger partial charge in [-0.25, -0.2) is 9.79 Å². The van der Waals surface area contributed by atoms with Crippen molar-refractivity contribution in [3.8, 4) is 0 Å². The highest BCUT2D eigenvalue weighted by atomic mass is 32.2. The fourth-order valence-corrected chi connectivity index (χ4v) is 6.20. The fourth-order valence-electron chi connectivity index (χ4n) is 4.72. The van der Waals surface area contributed by atoms with E-state index >= 15 is 0 Å². The third kappa shape index (κ3) is 5.14. The number of nitrogens with zero attached hydrogens (tertiary/aromatic N) is 3. The molecule has 0 aliphatic carbocycles. The number of carbonyl (C=O) groups excluding carboxylic acids is 3. The first-order chi connectivity index (χ1) is 15.4. The van der Waals surface area contributed by atoms with Gasteiger partial charge in [-0.15, -0.1) is 11.8 Å². The molecule has 0 aromatic carbocycles. The SMILES string of the molecule is C.C[C@@H](NC(=O)CN=C(N)N)[C@H]1C(=O)N2C(C(=O)O)=C(S[C@@H]3CN[C@H](C(=O)N(C)C)C3)[C@H](C)[C@H]12. The second-order valence-electron chi connectivity index (χ2n) is 8.80. The summed E-state index contributed by atoms with van der Waals surface area (Å²) in [6.45, 7) is 3.92. The van der Waals surface area contributed by atoms with Crippen molar-refractivity contribution >= 4 is 41.4 Å². The number of aliphatic imine (C=N–C) groups is 1. The molecule has 2 saturated heterocycles. The molecule has 0 aromatic heterocycles. The summed E-state index contributed by atoms with van der Waals surface area (Å²) in [5, 5.41) is 15.8. The minimum atomic E-state index is -1.16. The van der Waals surface area contributed by atoms with Gasteiger partial charge in [0, 0.05) is 42.8 Å². The van der Waals surface area contributed by atoms with Crippen molar-refractivity contribution in [1.29, 1.82) is 0 Å². The topological polar surface area (TPSA) is 183 Å². The van der Waals surface area contributed by atoms with Gasteiger partial charge in [-0.1, -0.05) is 14.4 Å². The molecule has 0 radical (unpaired) electrons. The van der Waals surface area contributed by atoms with Gasteiger partial charge in [-0.3, -0.25) is 14.4 Å². The molecule has 0 unspecified atom stereocenters. The van der Waals surface area contributed by atoms with Gasteiger partial charge in [0.2, 0.25) is 17.7 Å². The number of β-lactam (4-membered cyclic amide) rings is 1. The number of carboxylic acid groups (broad SMARTS) is 1. The molecule has 0 saturated carbocycles. The Morgan fingerprint density at radius 2 is 2.00 bits per heavy atom. The molecule has 190 valence electrons. The van der Waals surface area contributed by atoms with Crippen LogP contribution in [0.2, 0.25) is 0 Å². The van der Waals surface area contributed by atoms with Crippen molar-refractivity contribution in [1.82, 2.24) is 20.4 Å². The monoisotopic (exact) mass is 497 g/mol. The second kappa shape index (κ2) is 10.6. The summed E-state index contributed by atoms with van der Waals surface area (Å²) in [5.74, 6) is -2.92. The molecule has 3 aliphatic heterocycles. The lowest BCUT2D eigenvalue weighted by atomic mass is 9.78. The number of guanidine groups is 1. The number of aliphatic carboxylic acids is 1. The number of nitrogens with one attached hydrogen (secondary N) is 2. The van der Waals surface area contributed by atoms with Crippen LogP contribution in [0.15, 0.2) is 15.6 Å². The summed E-state index contributed by atoms with van der Waals surface area (Å²) in [6, 6.07) is -1.19. The van der Waals surface area contributed by atoms with E-state index in [2.05, 4.69) is 15.6 Å². The van der Waals surface area contributed by atoms with Gasteiger partial charge in [0.15, 0.2) is 5.96 Å². The Kier molecular flexibility index (Phi) is 8.59. The summed E-state index contributed by atoms with van der Waals surface area (Å²) in [6.07, 6.45) is 0.574. The Labute approximate surface area is 203 Å². The number of hydrogen-bond donors (Lipinski definition) is 5. The fraction of sp³-hybridized carbons (Fsp3) is 0.667. The molecule has 0 aromatic rings. The molecule has 0 spiro atoms. The lowest BCUT2D eigenvalue weighted by molar-refractivity contribution is -0.158. The Hall–Kier alpha value is -2.80. The number of carboxylic acids is 1. The van der Waals surface area contributed by atoms with Crippen molar-refractivity contribution in [2.24, 2.45) is 28.3 Å². The molecule has 0 bridgehead atoms. The largest absolute Gasteiger partial charge is 0.477 e. The maximum Gasteiger partial charge on any atom is 0.353 e. The zero-order valence-electron chi connectivity index (χ0n) is 19.1. The van der Waals surface area contributed by atoms with Crippen LogP contribution in [-0.4, -0.2) is 95.1 Å². The van der Waals surface area contributed by atoms with Crippen LogP contribution in [0.5, 0.6) is 0 Å². The predicted molar refractivity (Wildman–Crippen MR) is 129 cm³/mol. The highest BCUT2D eigenvalue weighted by Crippen LogP contribution is 2.51. The third-order valence-corrected chi connectivity index (χ3v) is 7.76. The number of nitrogens with two attached hydrogens (primary N) is 2. The number of thioether (sulfide) groups is 1. The van der Waals surface area contributed by atoms with Gasteiger partial charge in [0.05, 0.1) is 18.0 Å². The smallest absolute Gasteiger partial charge is 0.353 e. The van der Waals surface area contributed by atoms with Crippen molar-refractivity contribution in [2.75, 3.05) is 27.2 Å². The maximum absolute atomic E-state index is 12.9. The molecule has 3 amide bonds. The Bertz CT molecular complexity index is 917. The Morgan fingerprint density at radius 3 is 2.56 bits per heavy atom. The van der Waals surface area contributed by atoms with Gasteiger partial charge in [0.1, 0.15) is 12.2 Å². The van der Waals surface area contributed by atoms with Crippen LogP contribution in [0.4, 0.5) is 0 Å². The van der Waals surface area contributed by atoms with Crippen molar-refractivity contribution < 1.29 is 24.3 Å². The first-order valence-corrected chi connectivity index (χ1v) is 11.6. The highest BCUT2D eigenvalue weighted by Gasteiger charge is 2.60. The van der Waals surface area contributed by atoms with Crippen molar-refractivity contribution in [3.05, 3.63) is 10.6 Å². The number of amides is 3. The number of likely N-dealkylation sites (N-methyl/N-ethyl adjacent to an activating group) is 1. The van der Waals surface area contributed by atoms with Crippen LogP contribution < -0.4 is 22.1 Å². The molecule has 3 rings (SSSR count). The van der Waals surface area contributed by atoms with E-state index in [4.69, 9.17) is 11.5 Å². The predicted octanol–water partition coefficient (Wildman–Crippen LogP) is -1.27. The van der Waals surface area contributed by atoms with Crippen LogP contribution in [0.1, 0.15) is 27.7 Å². The number of rotatable bonds is 8. The molecule has 34 heavy (non-hydrogen) atoms. The van der Waals surface area contributed by atoms with Gasteiger partial charge in [-0.2, -0.15) is 0 Å². The molecule has 7 N–H and O–H groups in total. The highest BCUT2D eigenvalue weighted by molar-refractivity contribution is 8.03. The molecule has 6 atom stereocenters. The van der Waals surface area contributed by atoms with Crippen LogP contribution in [0, 0.1) is 11.8 Å². The van der Waals surface area contributed by atoms with E-state index in [1.165, 1.54) is 21.6 Å². The minimum absolute atomic E-state index is 0. The van der Waals surface area contributed by atoms with Gasteiger partial charge in [-0.05, 0) is 13.3 Å². The Morgan fingerprint density at radius 1 is 1.35 bits per heavy atom. The second-order valence-corrected chi connectivity index (χ2v) is 10.1. The molecule has 3 aliphatic rings. The van der Waals surface area contributed by atoms with Gasteiger partial charge in [0.25, 0.3) is 0 Å². The minimum Gasteiger partial charge on any atom is -0.477 e. The average Bonchev–Trinajstić information content (AvgIpc) is 3.28. The normalized spacial score (nSPS) is 28.4. The van der Waals surface area contributed by atoms with Crippen LogP contribution >= 0.6 is 11.8 Å². The molecule has 12 nitrogen and oxygen atoms in total. The summed E-state index contributed by atoms with van der Waals surface area (Å²) < 4.78 is 0. The molecule has 3 heterocycles. The van der Waals surface area contributed by atoms with Crippen LogP contribution in [0.25, 0.3) is 0 Å². The quantitative estimate of drug-likeness (QED) is 0.155. The van der Waals surface area contributed by atoms with Crippen LogP contribution in [0.3, 0.4) is 0 Å². The van der Waals surface area contributed by atoms with E-state index in [-0.39, 0.29) is 60.7 Å². The molecule has 2 fully saturated rings. The third-order valence-electron chi connectivity index (χ3n) is 6.25. The molecule has 13 heteroatoms. The van der Waals surface area contributed by atoms with E-state index in [9.17, 15) is 24.3 Å². The molecular formula is C21H35N7O5S. The lowest BCUT2D eigenvalue weighted by Gasteiger charge is -2.47. The maximum atomic E-state index is 12.9. The van der Waals surface area contributed by atoms with E-state index < -0.39 is 23.8 Å². The average molecular weight is 498 g/mol. The zero-order chi connectivity index (χ0) is 24.6. The first-order valence-electron chi connectivity index (χ1n) is 10.7. The first kappa shape index (κ1) is 27.4. The van der Waals surface area contributed by atoms with Gasteiger partial charge < -0.3 is 37.0 Å². The molecular weight excluding hydrogens is 462 g/mol. The number of hydrogen-bond acceptors (Lipinski definition) is 7. The lowest BCUT2D eigenvalue weighted by Crippen LogP contribution is -2.66. The number of carbonyl (C=O) groups is 4. The zero-order valence-corrected chi connectivity index (χ0v) is 19.9. The van der Waals surface area contributed by atoms with Gasteiger partial charge >= 0.3 is 5.97 Å². The van der Waals surface area contributed by atoms with Crippen molar-refractivity contribution in [2.45, 2.75) is 51.1 Å². The van der Waals surface area contributed by atoms with E-state index in [0.29, 0.717) is 17.9 Å². The van der Waals surface area contributed by atoms with Crippen LogP contribution in [-0.2, 0) is 19.2 Å². The van der Waals surface area contributed by atoms with E-state index in [1.54, 1.807) is 21.0 Å². The summed E-state index contributed by atoms with van der Waals surface area (Å²) >= 11 is 1.42. The summed E-state index contributed by atoms with van der Waals surface area (Å²) in [4.78, 5) is 56.5. The summed E-state index contributed by atoms with van der Waals surface area (Å²) in [7, 11) is 3.39. The van der Waals surface area contributed by atoms with E-state index in [0.717, 1.165) is 0 Å². The Balaban J connectivity index is 0.00000408. The number of fused-ring (bicyclic) bond motifs is 1. The standard InChI is InChI=1S/C20H31N7O5S.CH4/c1-8-14-13(9(2)25-12(28)7-24-20(21)22)18(30)27(14)15(19(31)32)16(8)33-10-5-11(23-6-10)17(29)26(3)4;/h8-11,13-14,23H,5-7H2,1-4H3,(H,25,28)(H,31,32)(H4,21,22,24);1H4/t8-,9-,10+,11+,13-,14-;/m1./s1. The summed E-state index contributed by atoms with van der Waals surface area (Å²) in [5.41, 5.74) is 10.5. The van der Waals surface area contributed by atoms with E-state index in [1.807, 2.05) is 6.92 Å².